The van der Waals surface area contributed by atoms with Crippen LogP contribution in [0.1, 0.15) is 56.5 Å². The smallest absolute Gasteiger partial charge is 0.150 e. The minimum atomic E-state index is -0.627. The maximum atomic E-state index is 9.91. The molecule has 1 aliphatic rings. The average Bonchev–Trinajstić information content (AvgIpc) is 3.53. The van der Waals surface area contributed by atoms with Crippen LogP contribution in [-0.2, 0) is 5.54 Å². The van der Waals surface area contributed by atoms with Crippen molar-refractivity contribution in [1.82, 2.24) is 25.0 Å². The Bertz CT molecular complexity index is 1550. The number of nitrogens with zero attached hydrogens (tertiary/aromatic N) is 7. The Morgan fingerprint density at radius 1 is 1.16 bits per heavy atom. The first-order chi connectivity index (χ1) is 17.7. The molecule has 2 N–H and O–H groups in total. The fraction of sp³-hybridized carbons (Fsp3) is 0.333. The summed E-state index contributed by atoms with van der Waals surface area (Å²) < 4.78 is 1.64. The van der Waals surface area contributed by atoms with Crippen molar-refractivity contribution < 1.29 is 0 Å². The molecule has 1 fully saturated rings. The normalized spacial score (nSPS) is 15.0. The zero-order valence-electron chi connectivity index (χ0n) is 20.8. The average molecular weight is 512 g/mol. The zero-order valence-corrected chi connectivity index (χ0v) is 21.6. The second-order valence-electron chi connectivity index (χ2n) is 10.5. The van der Waals surface area contributed by atoms with Crippen molar-refractivity contribution in [1.29, 1.82) is 10.5 Å². The number of nitriles is 2. The van der Waals surface area contributed by atoms with Crippen LogP contribution < -0.4 is 10.6 Å². The van der Waals surface area contributed by atoms with E-state index in [9.17, 15) is 10.5 Å². The summed E-state index contributed by atoms with van der Waals surface area (Å²) in [5.74, 6) is 0.657. The van der Waals surface area contributed by atoms with E-state index in [0.717, 1.165) is 23.8 Å². The molecule has 1 aliphatic carbocycles. The van der Waals surface area contributed by atoms with E-state index < -0.39 is 11.6 Å². The highest BCUT2D eigenvalue weighted by Gasteiger charge is 2.47. The van der Waals surface area contributed by atoms with E-state index in [1.54, 1.807) is 16.9 Å². The molecule has 1 atom stereocenters. The molecule has 0 bridgehead atoms. The summed E-state index contributed by atoms with van der Waals surface area (Å²) in [4.78, 5) is 8.82. The maximum Gasteiger partial charge on any atom is 0.150 e. The van der Waals surface area contributed by atoms with Gasteiger partial charge in [-0.25, -0.2) is 14.6 Å². The third kappa shape index (κ3) is 4.91. The van der Waals surface area contributed by atoms with Gasteiger partial charge in [0.1, 0.15) is 23.9 Å². The van der Waals surface area contributed by atoms with Crippen LogP contribution in [0.2, 0.25) is 5.02 Å². The number of rotatable bonds is 7. The van der Waals surface area contributed by atoms with Crippen molar-refractivity contribution in [3.05, 3.63) is 70.8 Å². The fourth-order valence-corrected chi connectivity index (χ4v) is 4.39. The van der Waals surface area contributed by atoms with E-state index in [2.05, 4.69) is 63.8 Å². The Labute approximate surface area is 220 Å². The highest BCUT2D eigenvalue weighted by atomic mass is 35.5. The van der Waals surface area contributed by atoms with Gasteiger partial charge >= 0.3 is 0 Å². The highest BCUT2D eigenvalue weighted by molar-refractivity contribution is 6.31. The number of nitrogens with one attached hydrogen (secondary N) is 2. The minimum absolute atomic E-state index is 0.0362. The van der Waals surface area contributed by atoms with Crippen molar-refractivity contribution in [3.8, 4) is 12.1 Å². The van der Waals surface area contributed by atoms with E-state index in [0.29, 0.717) is 39.8 Å². The van der Waals surface area contributed by atoms with E-state index in [4.69, 9.17) is 11.6 Å². The number of hydrogen-bond acceptors (Lipinski definition) is 8. The molecule has 37 heavy (non-hydrogen) atoms. The SMILES string of the molecule is CC(C)(C)CNc1ncnc2c(C#N)cc(NC(c3cn(C4(C#N)CC4)nn3)c3ccccc3Cl)cc12. The van der Waals surface area contributed by atoms with Gasteiger partial charge in [0.05, 0.1) is 29.4 Å². The first-order valence-electron chi connectivity index (χ1n) is 12.0. The van der Waals surface area contributed by atoms with Crippen LogP contribution in [0.3, 0.4) is 0 Å². The fourth-order valence-electron chi connectivity index (χ4n) is 4.14. The summed E-state index contributed by atoms with van der Waals surface area (Å²) in [6.07, 6.45) is 4.76. The van der Waals surface area contributed by atoms with Gasteiger partial charge < -0.3 is 10.6 Å². The van der Waals surface area contributed by atoms with E-state index in [-0.39, 0.29) is 5.41 Å². The molecule has 10 heteroatoms. The topological polar surface area (TPSA) is 128 Å². The van der Waals surface area contributed by atoms with Gasteiger partial charge in [-0.2, -0.15) is 10.5 Å². The van der Waals surface area contributed by atoms with Crippen molar-refractivity contribution in [2.24, 2.45) is 5.41 Å². The highest BCUT2D eigenvalue weighted by Crippen LogP contribution is 2.43. The van der Waals surface area contributed by atoms with Gasteiger partial charge in [-0.15, -0.1) is 5.10 Å². The number of anilines is 2. The van der Waals surface area contributed by atoms with Gasteiger partial charge in [0, 0.05) is 22.6 Å². The Morgan fingerprint density at radius 3 is 2.62 bits per heavy atom. The van der Waals surface area contributed by atoms with Gasteiger partial charge in [0.2, 0.25) is 0 Å². The summed E-state index contributed by atoms with van der Waals surface area (Å²) >= 11 is 6.60. The second kappa shape index (κ2) is 9.34. The first-order valence-corrected chi connectivity index (χ1v) is 12.4. The number of hydrogen-bond donors (Lipinski definition) is 2. The zero-order chi connectivity index (χ0) is 26.2. The van der Waals surface area contributed by atoms with Crippen LogP contribution in [0.25, 0.3) is 10.9 Å². The third-order valence-electron chi connectivity index (χ3n) is 6.35. The molecule has 5 rings (SSSR count). The molecule has 0 aliphatic heterocycles. The van der Waals surface area contributed by atoms with Crippen molar-refractivity contribution in [2.75, 3.05) is 17.2 Å². The summed E-state index contributed by atoms with van der Waals surface area (Å²) in [5, 5.41) is 36.4. The van der Waals surface area contributed by atoms with Crippen LogP contribution in [-0.4, -0.2) is 31.5 Å². The lowest BCUT2D eigenvalue weighted by Gasteiger charge is -2.21. The predicted octanol–water partition coefficient (Wildman–Crippen LogP) is 5.42. The van der Waals surface area contributed by atoms with Crippen molar-refractivity contribution >= 4 is 34.0 Å². The van der Waals surface area contributed by atoms with Crippen LogP contribution in [0, 0.1) is 28.1 Å². The quantitative estimate of drug-likeness (QED) is 0.336. The van der Waals surface area contributed by atoms with E-state index in [1.807, 2.05) is 30.3 Å². The predicted molar refractivity (Wildman–Crippen MR) is 142 cm³/mol. The van der Waals surface area contributed by atoms with Crippen LogP contribution in [0.15, 0.2) is 48.9 Å². The Hall–Kier alpha value is -4.21. The molecule has 9 nitrogen and oxygen atoms in total. The van der Waals surface area contributed by atoms with Crippen LogP contribution in [0.4, 0.5) is 11.5 Å². The molecule has 0 spiro atoms. The van der Waals surface area contributed by atoms with Crippen LogP contribution in [0.5, 0.6) is 0 Å². The largest absolute Gasteiger partial charge is 0.373 e. The molecule has 0 radical (unpaired) electrons. The van der Waals surface area contributed by atoms with Gasteiger partial charge in [0.15, 0.2) is 5.54 Å². The number of benzene rings is 2. The molecule has 4 aromatic rings. The molecular weight excluding hydrogens is 486 g/mol. The van der Waals surface area contributed by atoms with E-state index >= 15 is 0 Å². The van der Waals surface area contributed by atoms with Gasteiger partial charge in [-0.1, -0.05) is 55.8 Å². The van der Waals surface area contributed by atoms with Crippen molar-refractivity contribution in [2.45, 2.75) is 45.2 Å². The molecular formula is C27H26ClN9. The molecule has 0 saturated heterocycles. The second-order valence-corrected chi connectivity index (χ2v) is 10.9. The van der Waals surface area contributed by atoms with E-state index in [1.165, 1.54) is 6.33 Å². The first kappa shape index (κ1) is 24.5. The molecule has 2 heterocycles. The number of halogens is 1. The van der Waals surface area contributed by atoms with Gasteiger partial charge in [0.25, 0.3) is 0 Å². The number of aromatic nitrogens is 5. The third-order valence-corrected chi connectivity index (χ3v) is 6.69. The Balaban J connectivity index is 1.58. The van der Waals surface area contributed by atoms with Crippen LogP contribution >= 0.6 is 11.6 Å². The monoisotopic (exact) mass is 511 g/mol. The summed E-state index contributed by atoms with van der Waals surface area (Å²) in [5.41, 5.74) is 2.50. The van der Waals surface area contributed by atoms with Gasteiger partial charge in [-0.3, -0.25) is 0 Å². The molecule has 0 amide bonds. The minimum Gasteiger partial charge on any atom is -0.373 e. The lowest BCUT2D eigenvalue weighted by molar-refractivity contribution is 0.442. The molecule has 2 aromatic carbocycles. The summed E-state index contributed by atoms with van der Waals surface area (Å²) in [7, 11) is 0. The molecule has 2 aromatic heterocycles. The molecule has 1 saturated carbocycles. The lowest BCUT2D eigenvalue weighted by atomic mass is 9.97. The Morgan fingerprint density at radius 2 is 1.95 bits per heavy atom. The molecule has 1 unspecified atom stereocenters. The summed E-state index contributed by atoms with van der Waals surface area (Å²) in [6, 6.07) is 15.3. The Kier molecular flexibility index (Phi) is 6.18. The lowest BCUT2D eigenvalue weighted by Crippen LogP contribution is -2.20. The van der Waals surface area contributed by atoms with Gasteiger partial charge in [-0.05, 0) is 42.0 Å². The molecule has 186 valence electrons. The van der Waals surface area contributed by atoms with Crippen molar-refractivity contribution in [3.63, 3.8) is 0 Å². The standard InChI is InChI=1S/C27H26ClN9/c1-26(2,3)15-31-25-20-11-18(10-17(12-29)23(20)32-16-33-25)34-24(19-6-4-5-7-21(19)28)22-13-37(36-35-22)27(14-30)8-9-27/h4-7,10-11,13,16,24,34H,8-9,15H2,1-3H3,(H,31,32,33). The maximum absolute atomic E-state index is 9.91. The number of fused-ring (bicyclic) bond motifs is 1. The summed E-state index contributed by atoms with van der Waals surface area (Å²) in [6.45, 7) is 7.11.